The van der Waals surface area contributed by atoms with Crippen molar-refractivity contribution in [2.24, 2.45) is 0 Å². The molecule has 9 nitrogen and oxygen atoms in total. The highest BCUT2D eigenvalue weighted by Gasteiger charge is 2.52. The Kier molecular flexibility index (Phi) is 5.32. The highest BCUT2D eigenvalue weighted by molar-refractivity contribution is 7.14. The molecule has 2 aliphatic rings. The molecule has 4 heterocycles. The number of nitrogens with one attached hydrogen (secondary N) is 2. The van der Waals surface area contributed by atoms with Crippen LogP contribution in [-0.2, 0) is 16.1 Å². The minimum Gasteiger partial charge on any atom is -0.467 e. The summed E-state index contributed by atoms with van der Waals surface area (Å²) in [5, 5.41) is 7.83. The smallest absolute Gasteiger partial charge is 0.325 e. The molecule has 3 aromatic rings. The standard InChI is InChI=1S/C23H25N5O4S/c1-14-10-17(15(2)27(14)11-16-6-5-9-32-16)18-13-33-21(24-18)25-19(29)12-28-20(30)23(26-22(28)31)7-3-4-8-23/h5-6,9-10,13H,3-4,7-8,11-12H2,1-2H3,(H,26,31)(H,24,25,29). The van der Waals surface area contributed by atoms with Crippen LogP contribution in [0, 0.1) is 13.8 Å². The molecule has 33 heavy (non-hydrogen) atoms. The lowest BCUT2D eigenvalue weighted by molar-refractivity contribution is -0.133. The van der Waals surface area contributed by atoms with Crippen molar-refractivity contribution in [3.8, 4) is 11.3 Å². The maximum Gasteiger partial charge on any atom is 0.325 e. The van der Waals surface area contributed by atoms with Gasteiger partial charge in [-0.2, -0.15) is 0 Å². The van der Waals surface area contributed by atoms with Crippen molar-refractivity contribution in [2.75, 3.05) is 11.9 Å². The SMILES string of the molecule is Cc1cc(-c2csc(NC(=O)CN3C(=O)NC4(CCCC4)C3=O)n2)c(C)n1Cc1ccco1. The molecule has 1 saturated heterocycles. The Labute approximate surface area is 194 Å². The third-order valence-electron chi connectivity index (χ3n) is 6.50. The van der Waals surface area contributed by atoms with Crippen LogP contribution in [0.4, 0.5) is 9.93 Å². The molecule has 172 valence electrons. The van der Waals surface area contributed by atoms with Crippen molar-refractivity contribution in [1.29, 1.82) is 0 Å². The van der Waals surface area contributed by atoms with Crippen LogP contribution < -0.4 is 10.6 Å². The van der Waals surface area contributed by atoms with Gasteiger partial charge in [-0.05, 0) is 44.9 Å². The third-order valence-corrected chi connectivity index (χ3v) is 7.26. The molecule has 3 aromatic heterocycles. The van der Waals surface area contributed by atoms with E-state index in [4.69, 9.17) is 4.42 Å². The number of urea groups is 1. The van der Waals surface area contributed by atoms with Gasteiger partial charge in [-0.15, -0.1) is 11.3 Å². The zero-order chi connectivity index (χ0) is 23.2. The average Bonchev–Trinajstić information content (AvgIpc) is 3.59. The monoisotopic (exact) mass is 467 g/mol. The number of furan rings is 1. The first-order chi connectivity index (χ1) is 15.9. The second kappa shape index (κ2) is 8.18. The lowest BCUT2D eigenvalue weighted by Crippen LogP contribution is -2.44. The zero-order valence-electron chi connectivity index (χ0n) is 18.5. The summed E-state index contributed by atoms with van der Waals surface area (Å²) in [6.45, 7) is 4.37. The van der Waals surface area contributed by atoms with Crippen LogP contribution in [0.15, 0.2) is 34.3 Å². The largest absolute Gasteiger partial charge is 0.467 e. The summed E-state index contributed by atoms with van der Waals surface area (Å²) in [6, 6.07) is 5.37. The van der Waals surface area contributed by atoms with E-state index in [1.165, 1.54) is 11.3 Å². The van der Waals surface area contributed by atoms with E-state index in [1.807, 2.05) is 31.4 Å². The second-order valence-corrected chi connectivity index (χ2v) is 9.51. The van der Waals surface area contributed by atoms with Gasteiger partial charge in [0.15, 0.2) is 5.13 Å². The minimum atomic E-state index is -0.816. The van der Waals surface area contributed by atoms with E-state index >= 15 is 0 Å². The molecule has 0 atom stereocenters. The average molecular weight is 468 g/mol. The fourth-order valence-corrected chi connectivity index (χ4v) is 5.48. The highest BCUT2D eigenvalue weighted by atomic mass is 32.1. The van der Waals surface area contributed by atoms with Crippen molar-refractivity contribution < 1.29 is 18.8 Å². The van der Waals surface area contributed by atoms with E-state index in [2.05, 4.69) is 26.3 Å². The molecule has 1 saturated carbocycles. The molecule has 1 aliphatic heterocycles. The lowest BCUT2D eigenvalue weighted by atomic mass is 9.98. The van der Waals surface area contributed by atoms with Gasteiger partial charge in [0, 0.05) is 22.3 Å². The van der Waals surface area contributed by atoms with Gasteiger partial charge < -0.3 is 19.6 Å². The first kappa shape index (κ1) is 21.4. The summed E-state index contributed by atoms with van der Waals surface area (Å²) in [5.41, 5.74) is 3.05. The number of aryl methyl sites for hydroxylation is 1. The third kappa shape index (κ3) is 3.84. The summed E-state index contributed by atoms with van der Waals surface area (Å²) in [7, 11) is 0. The van der Waals surface area contributed by atoms with Crippen molar-refractivity contribution in [2.45, 2.75) is 51.6 Å². The summed E-state index contributed by atoms with van der Waals surface area (Å²) in [6.07, 6.45) is 4.71. The van der Waals surface area contributed by atoms with Crippen LogP contribution in [0.1, 0.15) is 42.8 Å². The normalized spacial score (nSPS) is 17.2. The first-order valence-electron chi connectivity index (χ1n) is 11.0. The molecular weight excluding hydrogens is 442 g/mol. The number of carbonyl (C=O) groups is 3. The van der Waals surface area contributed by atoms with Gasteiger partial charge in [0.1, 0.15) is 17.8 Å². The highest BCUT2D eigenvalue weighted by Crippen LogP contribution is 2.35. The Morgan fingerprint density at radius 1 is 1.30 bits per heavy atom. The Balaban J connectivity index is 1.26. The molecule has 2 N–H and O–H groups in total. The maximum atomic E-state index is 12.7. The van der Waals surface area contributed by atoms with Crippen LogP contribution in [0.25, 0.3) is 11.3 Å². The van der Waals surface area contributed by atoms with Gasteiger partial charge in [-0.25, -0.2) is 9.78 Å². The minimum absolute atomic E-state index is 0.302. The number of amides is 4. The zero-order valence-corrected chi connectivity index (χ0v) is 19.3. The quantitative estimate of drug-likeness (QED) is 0.538. The van der Waals surface area contributed by atoms with E-state index < -0.39 is 17.5 Å². The Morgan fingerprint density at radius 2 is 2.09 bits per heavy atom. The number of imide groups is 1. The van der Waals surface area contributed by atoms with Crippen LogP contribution in [-0.4, -0.2) is 44.4 Å². The molecular formula is C23H25N5O4S. The van der Waals surface area contributed by atoms with Crippen molar-refractivity contribution in [1.82, 2.24) is 19.8 Å². The summed E-state index contributed by atoms with van der Waals surface area (Å²) in [5.74, 6) is 0.121. The van der Waals surface area contributed by atoms with E-state index in [0.717, 1.165) is 46.1 Å². The van der Waals surface area contributed by atoms with Crippen LogP contribution >= 0.6 is 11.3 Å². The molecule has 1 aliphatic carbocycles. The molecule has 0 aromatic carbocycles. The summed E-state index contributed by atoms with van der Waals surface area (Å²) in [4.78, 5) is 43.2. The summed E-state index contributed by atoms with van der Waals surface area (Å²) >= 11 is 1.31. The molecule has 0 unspecified atom stereocenters. The molecule has 0 bridgehead atoms. The van der Waals surface area contributed by atoms with E-state index in [0.29, 0.717) is 24.5 Å². The predicted octanol–water partition coefficient (Wildman–Crippen LogP) is 3.67. The van der Waals surface area contributed by atoms with Crippen molar-refractivity contribution in [3.63, 3.8) is 0 Å². The van der Waals surface area contributed by atoms with Crippen molar-refractivity contribution in [3.05, 3.63) is 47.0 Å². The number of rotatable bonds is 6. The Bertz CT molecular complexity index is 1220. The van der Waals surface area contributed by atoms with E-state index in [9.17, 15) is 14.4 Å². The molecule has 4 amide bonds. The van der Waals surface area contributed by atoms with Gasteiger partial charge in [-0.1, -0.05) is 12.8 Å². The molecule has 10 heteroatoms. The Hall–Kier alpha value is -3.40. The van der Waals surface area contributed by atoms with Crippen LogP contribution in [0.5, 0.6) is 0 Å². The predicted molar refractivity (Wildman–Crippen MR) is 123 cm³/mol. The fourth-order valence-electron chi connectivity index (χ4n) is 4.76. The number of nitrogens with zero attached hydrogens (tertiary/aromatic N) is 3. The maximum absolute atomic E-state index is 12.7. The van der Waals surface area contributed by atoms with Crippen molar-refractivity contribution >= 4 is 34.3 Å². The molecule has 0 radical (unpaired) electrons. The number of anilines is 1. The molecule has 5 rings (SSSR count). The number of aromatic nitrogens is 2. The van der Waals surface area contributed by atoms with Gasteiger partial charge in [0.25, 0.3) is 5.91 Å². The van der Waals surface area contributed by atoms with Gasteiger partial charge in [0.05, 0.1) is 18.5 Å². The number of hydrogen-bond donors (Lipinski definition) is 2. The number of hydrogen-bond acceptors (Lipinski definition) is 6. The number of thiazole rings is 1. The topological polar surface area (TPSA) is 109 Å². The van der Waals surface area contributed by atoms with Gasteiger partial charge in [-0.3, -0.25) is 14.5 Å². The number of carbonyl (C=O) groups excluding carboxylic acids is 3. The first-order valence-corrected chi connectivity index (χ1v) is 11.8. The van der Waals surface area contributed by atoms with Crippen LogP contribution in [0.2, 0.25) is 0 Å². The van der Waals surface area contributed by atoms with Gasteiger partial charge >= 0.3 is 6.03 Å². The van der Waals surface area contributed by atoms with Crippen LogP contribution in [0.3, 0.4) is 0 Å². The Morgan fingerprint density at radius 3 is 2.82 bits per heavy atom. The summed E-state index contributed by atoms with van der Waals surface area (Å²) < 4.78 is 7.63. The van der Waals surface area contributed by atoms with E-state index in [1.54, 1.807) is 6.26 Å². The van der Waals surface area contributed by atoms with Gasteiger partial charge in [0.2, 0.25) is 5.91 Å². The molecule has 1 spiro atoms. The lowest BCUT2D eigenvalue weighted by Gasteiger charge is -2.19. The fraction of sp³-hybridized carbons (Fsp3) is 0.391. The molecule has 2 fully saturated rings. The second-order valence-electron chi connectivity index (χ2n) is 8.65. The van der Waals surface area contributed by atoms with E-state index in [-0.39, 0.29) is 12.5 Å².